The van der Waals surface area contributed by atoms with Gasteiger partial charge in [0.25, 0.3) is 0 Å². The van der Waals surface area contributed by atoms with E-state index in [2.05, 4.69) is 12.1 Å². The van der Waals surface area contributed by atoms with Gasteiger partial charge in [-0.15, -0.1) is 0 Å². The molecular weight excluding hydrogens is 212 g/mol. The van der Waals surface area contributed by atoms with E-state index in [4.69, 9.17) is 5.73 Å². The van der Waals surface area contributed by atoms with Gasteiger partial charge in [-0.25, -0.2) is 0 Å². The molecule has 0 spiro atoms. The summed E-state index contributed by atoms with van der Waals surface area (Å²) in [6, 6.07) is 10.1. The molecule has 3 nitrogen and oxygen atoms in total. The van der Waals surface area contributed by atoms with Crippen molar-refractivity contribution in [2.45, 2.75) is 24.7 Å². The number of likely N-dealkylation sites (N-methyl/N-ethyl adjacent to an activating group) is 1. The van der Waals surface area contributed by atoms with Crippen LogP contribution in [0.3, 0.4) is 0 Å². The van der Waals surface area contributed by atoms with E-state index < -0.39 is 0 Å². The van der Waals surface area contributed by atoms with E-state index in [0.29, 0.717) is 6.54 Å². The van der Waals surface area contributed by atoms with Crippen molar-refractivity contribution in [2.75, 3.05) is 20.1 Å². The van der Waals surface area contributed by atoms with Crippen LogP contribution in [0.1, 0.15) is 24.8 Å². The number of nitrogens with zero attached hydrogens (tertiary/aromatic N) is 1. The van der Waals surface area contributed by atoms with Crippen LogP contribution in [0.15, 0.2) is 30.3 Å². The lowest BCUT2D eigenvalue weighted by molar-refractivity contribution is -0.132. The third-order valence-electron chi connectivity index (χ3n) is 3.53. The van der Waals surface area contributed by atoms with Gasteiger partial charge in [-0.05, 0) is 31.4 Å². The largest absolute Gasteiger partial charge is 0.345 e. The van der Waals surface area contributed by atoms with E-state index in [9.17, 15) is 4.79 Å². The fourth-order valence-corrected chi connectivity index (χ4v) is 2.30. The lowest BCUT2D eigenvalue weighted by Gasteiger charge is -2.23. The Balaban J connectivity index is 2.09. The first-order valence-electron chi connectivity index (χ1n) is 6.22. The number of nitrogens with two attached hydrogens (primary N) is 1. The predicted molar refractivity (Wildman–Crippen MR) is 68.7 cm³/mol. The third-order valence-corrected chi connectivity index (χ3v) is 3.53. The summed E-state index contributed by atoms with van der Waals surface area (Å²) in [5.74, 6) is 0.247. The Morgan fingerprint density at radius 2 is 2.00 bits per heavy atom. The number of amides is 1. The Morgan fingerprint density at radius 3 is 2.53 bits per heavy atom. The van der Waals surface area contributed by atoms with Gasteiger partial charge in [0.05, 0.1) is 5.41 Å². The van der Waals surface area contributed by atoms with E-state index in [1.807, 2.05) is 30.1 Å². The number of hydrogen-bond donors (Lipinski definition) is 1. The lowest BCUT2D eigenvalue weighted by atomic mass is 9.94. The van der Waals surface area contributed by atoms with E-state index in [1.54, 1.807) is 0 Å². The van der Waals surface area contributed by atoms with Gasteiger partial charge in [0.1, 0.15) is 0 Å². The average Bonchev–Trinajstić information content (AvgIpc) is 3.17. The van der Waals surface area contributed by atoms with E-state index in [1.165, 1.54) is 0 Å². The monoisotopic (exact) mass is 232 g/mol. The molecule has 17 heavy (non-hydrogen) atoms. The van der Waals surface area contributed by atoms with E-state index >= 15 is 0 Å². The SMILES string of the molecule is CN(CCCN)C(=O)C1(c2ccccc2)CC1. The van der Waals surface area contributed by atoms with Gasteiger partial charge < -0.3 is 10.6 Å². The van der Waals surface area contributed by atoms with Crippen LogP contribution in [0.25, 0.3) is 0 Å². The number of rotatable bonds is 5. The normalized spacial score (nSPS) is 16.6. The summed E-state index contributed by atoms with van der Waals surface area (Å²) in [4.78, 5) is 14.2. The summed E-state index contributed by atoms with van der Waals surface area (Å²) in [5, 5.41) is 0. The average molecular weight is 232 g/mol. The van der Waals surface area contributed by atoms with E-state index in [0.717, 1.165) is 31.4 Å². The molecule has 1 aliphatic carbocycles. The molecule has 0 bridgehead atoms. The second-order valence-corrected chi connectivity index (χ2v) is 4.82. The van der Waals surface area contributed by atoms with Crippen molar-refractivity contribution in [3.63, 3.8) is 0 Å². The Morgan fingerprint density at radius 1 is 1.35 bits per heavy atom. The Kier molecular flexibility index (Phi) is 3.48. The third kappa shape index (κ3) is 2.34. The first-order valence-corrected chi connectivity index (χ1v) is 6.22. The smallest absolute Gasteiger partial charge is 0.232 e. The molecule has 1 saturated carbocycles. The summed E-state index contributed by atoms with van der Waals surface area (Å²) in [6.07, 6.45) is 2.82. The molecule has 0 unspecified atom stereocenters. The summed E-state index contributed by atoms with van der Waals surface area (Å²) < 4.78 is 0. The second kappa shape index (κ2) is 4.88. The number of carbonyl (C=O) groups excluding carboxylic acids is 1. The van der Waals surface area contributed by atoms with Gasteiger partial charge >= 0.3 is 0 Å². The van der Waals surface area contributed by atoms with Crippen molar-refractivity contribution >= 4 is 5.91 Å². The molecule has 1 aromatic carbocycles. The maximum absolute atomic E-state index is 12.4. The molecule has 92 valence electrons. The van der Waals surface area contributed by atoms with Crippen molar-refractivity contribution in [3.8, 4) is 0 Å². The molecule has 0 aromatic heterocycles. The molecule has 0 aliphatic heterocycles. The van der Waals surface area contributed by atoms with Gasteiger partial charge in [0.2, 0.25) is 5.91 Å². The fourth-order valence-electron chi connectivity index (χ4n) is 2.30. The van der Waals surface area contributed by atoms with Crippen LogP contribution in [0.4, 0.5) is 0 Å². The minimum atomic E-state index is -0.232. The van der Waals surface area contributed by atoms with Crippen LogP contribution in [0, 0.1) is 0 Å². The zero-order valence-corrected chi connectivity index (χ0v) is 10.4. The zero-order valence-electron chi connectivity index (χ0n) is 10.4. The van der Waals surface area contributed by atoms with Crippen LogP contribution in [-0.4, -0.2) is 30.9 Å². The minimum Gasteiger partial charge on any atom is -0.345 e. The van der Waals surface area contributed by atoms with Gasteiger partial charge in [-0.1, -0.05) is 30.3 Å². The summed E-state index contributed by atoms with van der Waals surface area (Å²) in [7, 11) is 1.88. The van der Waals surface area contributed by atoms with Crippen LogP contribution >= 0.6 is 0 Å². The highest BCUT2D eigenvalue weighted by molar-refractivity contribution is 5.91. The highest BCUT2D eigenvalue weighted by Gasteiger charge is 2.52. The predicted octanol–water partition coefficient (Wildman–Crippen LogP) is 1.53. The summed E-state index contributed by atoms with van der Waals surface area (Å²) >= 11 is 0. The molecular formula is C14H20N2O. The molecule has 0 atom stereocenters. The van der Waals surface area contributed by atoms with E-state index in [-0.39, 0.29) is 11.3 Å². The van der Waals surface area contributed by atoms with Gasteiger partial charge in [-0.3, -0.25) is 4.79 Å². The topological polar surface area (TPSA) is 46.3 Å². The Labute approximate surface area is 103 Å². The van der Waals surface area contributed by atoms with Crippen LogP contribution in [-0.2, 0) is 10.2 Å². The summed E-state index contributed by atoms with van der Waals surface area (Å²) in [6.45, 7) is 1.39. The second-order valence-electron chi connectivity index (χ2n) is 4.82. The fraction of sp³-hybridized carbons (Fsp3) is 0.500. The van der Waals surface area contributed by atoms with Gasteiger partial charge in [0, 0.05) is 13.6 Å². The highest BCUT2D eigenvalue weighted by Crippen LogP contribution is 2.49. The molecule has 1 aliphatic rings. The first kappa shape index (κ1) is 12.1. The van der Waals surface area contributed by atoms with Crippen molar-refractivity contribution < 1.29 is 4.79 Å². The van der Waals surface area contributed by atoms with Crippen LogP contribution in [0.5, 0.6) is 0 Å². The quantitative estimate of drug-likeness (QED) is 0.836. The maximum Gasteiger partial charge on any atom is 0.232 e. The summed E-state index contributed by atoms with van der Waals surface area (Å²) in [5.41, 5.74) is 6.40. The number of carbonyl (C=O) groups is 1. The molecule has 0 radical (unpaired) electrons. The maximum atomic E-state index is 12.4. The molecule has 1 fully saturated rings. The van der Waals surface area contributed by atoms with Crippen molar-refractivity contribution in [1.29, 1.82) is 0 Å². The molecule has 3 heteroatoms. The van der Waals surface area contributed by atoms with Crippen molar-refractivity contribution in [2.24, 2.45) is 5.73 Å². The molecule has 2 rings (SSSR count). The number of hydrogen-bond acceptors (Lipinski definition) is 2. The molecule has 2 N–H and O–H groups in total. The molecule has 0 heterocycles. The lowest BCUT2D eigenvalue weighted by Crippen LogP contribution is -2.37. The molecule has 1 aromatic rings. The van der Waals surface area contributed by atoms with Gasteiger partial charge in [0.15, 0.2) is 0 Å². The standard InChI is InChI=1S/C14H20N2O/c1-16(11-5-10-15)13(17)14(8-9-14)12-6-3-2-4-7-12/h2-4,6-7H,5,8-11,15H2,1H3. The highest BCUT2D eigenvalue weighted by atomic mass is 16.2. The molecule has 1 amide bonds. The molecule has 0 saturated heterocycles. The first-order chi connectivity index (χ1) is 8.20. The zero-order chi connectivity index (χ0) is 12.3. The van der Waals surface area contributed by atoms with Gasteiger partial charge in [-0.2, -0.15) is 0 Å². The van der Waals surface area contributed by atoms with Crippen molar-refractivity contribution in [3.05, 3.63) is 35.9 Å². The minimum absolute atomic E-state index is 0.232. The number of benzene rings is 1. The van der Waals surface area contributed by atoms with Crippen molar-refractivity contribution in [1.82, 2.24) is 4.90 Å². The Hall–Kier alpha value is -1.35. The Bertz CT molecular complexity index is 384. The van der Waals surface area contributed by atoms with Crippen LogP contribution in [0.2, 0.25) is 0 Å². The van der Waals surface area contributed by atoms with Crippen LogP contribution < -0.4 is 5.73 Å².